The number of hydrogen-bond acceptors (Lipinski definition) is 9. The predicted octanol–water partition coefficient (Wildman–Crippen LogP) is 2.95. The average Bonchev–Trinajstić information content (AvgIpc) is 3.20. The molecule has 0 spiro atoms. The summed E-state index contributed by atoms with van der Waals surface area (Å²) in [6.45, 7) is 2.43. The molecule has 1 aliphatic rings. The molecule has 4 atom stereocenters. The largest absolute Gasteiger partial charge is 0.468 e. The van der Waals surface area contributed by atoms with Crippen molar-refractivity contribution in [1.82, 2.24) is 14.6 Å². The molecule has 0 aliphatic carbocycles. The summed E-state index contributed by atoms with van der Waals surface area (Å²) >= 11 is 8.98. The summed E-state index contributed by atoms with van der Waals surface area (Å²) in [4.78, 5) is 40.1. The molecular formula is C22H26BrClN3O9P. The van der Waals surface area contributed by atoms with Crippen LogP contribution in [-0.4, -0.2) is 52.1 Å². The molecule has 0 saturated carbocycles. The van der Waals surface area contributed by atoms with Gasteiger partial charge < -0.3 is 19.1 Å². The number of carbonyl (C=O) groups excluding carboxylic acids is 1. The molecule has 37 heavy (non-hydrogen) atoms. The Morgan fingerprint density at radius 2 is 2.05 bits per heavy atom. The highest BCUT2D eigenvalue weighted by Crippen LogP contribution is 2.47. The monoisotopic (exact) mass is 621 g/mol. The zero-order valence-electron chi connectivity index (χ0n) is 20.1. The Hall–Kier alpha value is -2.25. The molecule has 2 heterocycles. The van der Waals surface area contributed by atoms with E-state index in [4.69, 9.17) is 30.1 Å². The lowest BCUT2D eigenvalue weighted by Gasteiger charge is -2.29. The van der Waals surface area contributed by atoms with E-state index < -0.39 is 55.5 Å². The van der Waals surface area contributed by atoms with Crippen molar-refractivity contribution in [3.05, 3.63) is 66.9 Å². The van der Waals surface area contributed by atoms with Gasteiger partial charge in [0, 0.05) is 17.6 Å². The maximum absolute atomic E-state index is 13.7. The quantitative estimate of drug-likeness (QED) is 0.266. The number of aliphatic hydroxyl groups excluding tert-OH is 1. The number of H-pyrrole nitrogens is 1. The molecule has 0 amide bonds. The molecule has 1 aliphatic heterocycles. The number of benzene rings is 1. The Balaban J connectivity index is 1.80. The molecule has 0 bridgehead atoms. The lowest BCUT2D eigenvalue weighted by molar-refractivity contribution is -0.146. The van der Waals surface area contributed by atoms with E-state index in [1.54, 1.807) is 0 Å². The van der Waals surface area contributed by atoms with Gasteiger partial charge in [-0.15, -0.1) is 0 Å². The zero-order chi connectivity index (χ0) is 27.4. The van der Waals surface area contributed by atoms with Crippen molar-refractivity contribution in [2.45, 2.75) is 44.2 Å². The third-order valence-corrected chi connectivity index (χ3v) is 7.60. The normalized spacial score (nSPS) is 21.6. The van der Waals surface area contributed by atoms with Crippen molar-refractivity contribution in [2.75, 3.05) is 13.7 Å². The van der Waals surface area contributed by atoms with Crippen molar-refractivity contribution in [2.24, 2.45) is 0 Å². The summed E-state index contributed by atoms with van der Waals surface area (Å²) in [5.74, 6) is -0.585. The van der Waals surface area contributed by atoms with Gasteiger partial charge in [-0.2, -0.15) is 5.09 Å². The number of aliphatic hydroxyl groups is 1. The van der Waals surface area contributed by atoms with Crippen molar-refractivity contribution in [3.63, 3.8) is 0 Å². The number of ether oxygens (including phenoxy) is 2. The number of hydrogen-bond donors (Lipinski definition) is 3. The molecule has 202 valence electrons. The summed E-state index contributed by atoms with van der Waals surface area (Å²) in [5.41, 5.74) is -2.61. The van der Waals surface area contributed by atoms with E-state index in [0.29, 0.717) is 5.02 Å². The molecule has 15 heteroatoms. The first-order valence-electron chi connectivity index (χ1n) is 10.9. The zero-order valence-corrected chi connectivity index (χ0v) is 23.3. The Morgan fingerprint density at radius 1 is 1.38 bits per heavy atom. The molecule has 2 aromatic rings. The molecule has 0 radical (unpaired) electrons. The maximum atomic E-state index is 13.7. The van der Waals surface area contributed by atoms with Crippen molar-refractivity contribution < 1.29 is 33.0 Å². The first kappa shape index (κ1) is 29.3. The highest BCUT2D eigenvalue weighted by molar-refractivity contribution is 9.11. The van der Waals surface area contributed by atoms with Crippen LogP contribution < -0.4 is 20.9 Å². The minimum Gasteiger partial charge on any atom is -0.468 e. The number of esters is 1. The van der Waals surface area contributed by atoms with Crippen LogP contribution in [0.1, 0.15) is 32.1 Å². The second-order valence-electron chi connectivity index (χ2n) is 8.54. The average molecular weight is 623 g/mol. The van der Waals surface area contributed by atoms with Crippen molar-refractivity contribution in [1.29, 1.82) is 0 Å². The van der Waals surface area contributed by atoms with Gasteiger partial charge in [0.25, 0.3) is 5.56 Å². The van der Waals surface area contributed by atoms with Gasteiger partial charge in [0.15, 0.2) is 0 Å². The third-order valence-electron chi connectivity index (χ3n) is 5.31. The van der Waals surface area contributed by atoms with Gasteiger partial charge in [-0.3, -0.25) is 23.7 Å². The Labute approximate surface area is 225 Å². The fourth-order valence-corrected chi connectivity index (χ4v) is 5.56. The van der Waals surface area contributed by atoms with Crippen LogP contribution in [0.5, 0.6) is 5.75 Å². The van der Waals surface area contributed by atoms with Crippen LogP contribution in [0.2, 0.25) is 5.02 Å². The summed E-state index contributed by atoms with van der Waals surface area (Å²) in [7, 11) is -3.09. The molecule has 12 nitrogen and oxygen atoms in total. The lowest BCUT2D eigenvalue weighted by atomic mass is 10.1. The smallest absolute Gasteiger partial charge is 0.459 e. The second-order valence-corrected chi connectivity index (χ2v) is 11.2. The van der Waals surface area contributed by atoms with E-state index in [0.717, 1.165) is 4.57 Å². The van der Waals surface area contributed by atoms with Crippen LogP contribution >= 0.6 is 35.3 Å². The number of aromatic amines is 1. The Bertz CT molecular complexity index is 1310. The number of carbonyl (C=O) groups is 1. The molecule has 1 saturated heterocycles. The van der Waals surface area contributed by atoms with E-state index >= 15 is 0 Å². The van der Waals surface area contributed by atoms with E-state index in [1.165, 1.54) is 62.5 Å². The lowest BCUT2D eigenvalue weighted by Crippen LogP contribution is -2.47. The molecule has 3 rings (SSSR count). The van der Waals surface area contributed by atoms with Crippen molar-refractivity contribution in [3.8, 4) is 5.75 Å². The van der Waals surface area contributed by atoms with Crippen molar-refractivity contribution >= 4 is 47.3 Å². The Morgan fingerprint density at radius 3 is 2.68 bits per heavy atom. The van der Waals surface area contributed by atoms with Gasteiger partial charge in [0.2, 0.25) is 0 Å². The highest BCUT2D eigenvalue weighted by Gasteiger charge is 2.43. The minimum atomic E-state index is -4.26. The molecule has 2 unspecified atom stereocenters. The molecular weight excluding hydrogens is 597 g/mol. The van der Waals surface area contributed by atoms with Gasteiger partial charge in [-0.1, -0.05) is 27.5 Å². The number of nitrogens with zero attached hydrogens (tertiary/aromatic N) is 1. The second kappa shape index (κ2) is 12.1. The van der Waals surface area contributed by atoms with E-state index in [2.05, 4.69) is 26.0 Å². The van der Waals surface area contributed by atoms with E-state index in [1.807, 2.05) is 0 Å². The summed E-state index contributed by atoms with van der Waals surface area (Å²) < 4.78 is 36.5. The van der Waals surface area contributed by atoms with Crippen LogP contribution in [0, 0.1) is 0 Å². The fraction of sp³-hybridized carbons (Fsp3) is 0.409. The third kappa shape index (κ3) is 7.41. The number of rotatable bonds is 10. The maximum Gasteiger partial charge on any atom is 0.459 e. The van der Waals surface area contributed by atoms with Crippen LogP contribution in [0.4, 0.5) is 0 Å². The predicted molar refractivity (Wildman–Crippen MR) is 139 cm³/mol. The van der Waals surface area contributed by atoms with Gasteiger partial charge in [0.05, 0.1) is 25.4 Å². The number of halogens is 2. The van der Waals surface area contributed by atoms with Crippen LogP contribution in [0.25, 0.3) is 6.08 Å². The molecule has 3 N–H and O–H groups in total. The number of aromatic nitrogens is 2. The van der Waals surface area contributed by atoms with E-state index in [9.17, 15) is 24.1 Å². The van der Waals surface area contributed by atoms with Gasteiger partial charge in [0.1, 0.15) is 23.6 Å². The highest BCUT2D eigenvalue weighted by atomic mass is 79.9. The van der Waals surface area contributed by atoms with Crippen LogP contribution in [0.15, 0.2) is 45.0 Å². The SMILES string of the molecule is COC(=O)C(C)(C)NP(=O)(OC[C@H]1O[C@@H](n2cc(C=CBr)c(=O)[nH]c2=O)CC1O)Oc1ccc(Cl)cc1. The molecule has 1 aromatic carbocycles. The number of methoxy groups -OCH3 is 1. The number of nitrogens with one attached hydrogen (secondary N) is 2. The fourth-order valence-electron chi connectivity index (χ4n) is 3.47. The topological polar surface area (TPSA) is 158 Å². The Kier molecular flexibility index (Phi) is 9.57. The summed E-state index contributed by atoms with van der Waals surface area (Å²) in [5, 5.41) is 13.5. The van der Waals surface area contributed by atoms with Crippen LogP contribution in [-0.2, 0) is 23.4 Å². The van der Waals surface area contributed by atoms with Crippen LogP contribution in [0.3, 0.4) is 0 Å². The first-order chi connectivity index (χ1) is 17.4. The minimum absolute atomic E-state index is 0.0130. The van der Waals surface area contributed by atoms with Gasteiger partial charge in [-0.25, -0.2) is 9.36 Å². The van der Waals surface area contributed by atoms with Gasteiger partial charge >= 0.3 is 19.4 Å². The summed E-state index contributed by atoms with van der Waals surface area (Å²) in [6, 6.07) is 5.96. The van der Waals surface area contributed by atoms with Gasteiger partial charge in [-0.05, 0) is 49.2 Å². The molecule has 1 fully saturated rings. The standard InChI is InChI=1S/C22H26BrClN3O9P/c1-22(2,20(30)33-3)26-37(32,36-15-6-4-14(24)5-7-15)34-12-17-16(28)10-18(35-17)27-11-13(8-9-23)19(29)25-21(27)31/h4-9,11,16-18,28H,10,12H2,1-3H3,(H,26,32)(H,25,29,31)/t16?,17-,18-,37?/m1/s1. The van der Waals surface area contributed by atoms with E-state index in [-0.39, 0.29) is 17.7 Å². The first-order valence-corrected chi connectivity index (χ1v) is 13.7. The molecule has 1 aromatic heterocycles. The summed E-state index contributed by atoms with van der Waals surface area (Å²) in [6.07, 6.45) is -0.345.